The van der Waals surface area contributed by atoms with Gasteiger partial charge in [-0.25, -0.2) is 12.8 Å². The number of piperidine rings is 1. The Kier molecular flexibility index (Phi) is 4.92. The minimum absolute atomic E-state index is 0.0578. The lowest BCUT2D eigenvalue weighted by Crippen LogP contribution is -2.45. The molecule has 1 atom stereocenters. The van der Waals surface area contributed by atoms with Gasteiger partial charge in [-0.05, 0) is 62.3 Å². The molecule has 24 heavy (non-hydrogen) atoms. The molecule has 0 radical (unpaired) electrons. The topological polar surface area (TPSA) is 66.5 Å². The van der Waals surface area contributed by atoms with Gasteiger partial charge in [0.15, 0.2) is 0 Å². The maximum absolute atomic E-state index is 13.2. The van der Waals surface area contributed by atoms with Crippen LogP contribution in [0.1, 0.15) is 31.2 Å². The second-order valence-electron chi connectivity index (χ2n) is 6.80. The van der Waals surface area contributed by atoms with E-state index in [0.717, 1.165) is 18.9 Å². The van der Waals surface area contributed by atoms with E-state index in [1.54, 1.807) is 6.92 Å². The summed E-state index contributed by atoms with van der Waals surface area (Å²) in [6.07, 6.45) is 3.68. The van der Waals surface area contributed by atoms with E-state index >= 15 is 0 Å². The first kappa shape index (κ1) is 17.4. The summed E-state index contributed by atoms with van der Waals surface area (Å²) in [5.74, 6) is -0.229. The molecule has 1 aliphatic carbocycles. The quantitative estimate of drug-likeness (QED) is 0.880. The van der Waals surface area contributed by atoms with Crippen molar-refractivity contribution in [3.8, 4) is 0 Å². The zero-order chi connectivity index (χ0) is 17.3. The van der Waals surface area contributed by atoms with E-state index in [1.807, 2.05) is 0 Å². The number of sulfonamides is 1. The molecule has 3 rings (SSSR count). The minimum Gasteiger partial charge on any atom is -0.356 e. The van der Waals surface area contributed by atoms with Crippen LogP contribution in [-0.2, 0) is 14.8 Å². The van der Waals surface area contributed by atoms with Crippen molar-refractivity contribution in [1.82, 2.24) is 9.62 Å². The molecular formula is C17H23FN2O3S. The third-order valence-electron chi connectivity index (χ3n) is 4.77. The number of halogens is 1. The number of carbonyl (C=O) groups is 1. The fourth-order valence-electron chi connectivity index (χ4n) is 3.13. The number of nitrogens with zero attached hydrogens (tertiary/aromatic N) is 1. The highest BCUT2D eigenvalue weighted by Gasteiger charge is 2.34. The van der Waals surface area contributed by atoms with E-state index < -0.39 is 15.8 Å². The summed E-state index contributed by atoms with van der Waals surface area (Å²) in [4.78, 5) is 12.4. The molecule has 1 aromatic carbocycles. The summed E-state index contributed by atoms with van der Waals surface area (Å²) in [5, 5.41) is 2.93. The number of amides is 1. The van der Waals surface area contributed by atoms with E-state index in [1.165, 1.54) is 16.4 Å². The third-order valence-corrected chi connectivity index (χ3v) is 6.80. The van der Waals surface area contributed by atoms with Crippen LogP contribution in [0.3, 0.4) is 0 Å². The van der Waals surface area contributed by atoms with Crippen LogP contribution in [0, 0.1) is 24.6 Å². The lowest BCUT2D eigenvalue weighted by molar-refractivity contribution is -0.126. The Morgan fingerprint density at radius 2 is 2.08 bits per heavy atom. The van der Waals surface area contributed by atoms with Gasteiger partial charge < -0.3 is 5.32 Å². The molecule has 0 aromatic heterocycles. The number of benzene rings is 1. The number of aryl methyl sites for hydroxylation is 1. The average molecular weight is 354 g/mol. The van der Waals surface area contributed by atoms with E-state index in [9.17, 15) is 17.6 Å². The highest BCUT2D eigenvalue weighted by molar-refractivity contribution is 7.89. The first-order valence-electron chi connectivity index (χ1n) is 8.42. The van der Waals surface area contributed by atoms with Crippen molar-refractivity contribution in [3.63, 3.8) is 0 Å². The predicted octanol–water partition coefficient (Wildman–Crippen LogP) is 2.06. The molecule has 1 heterocycles. The Bertz CT molecular complexity index is 731. The number of hydrogen-bond acceptors (Lipinski definition) is 3. The van der Waals surface area contributed by atoms with E-state index in [0.29, 0.717) is 37.4 Å². The second-order valence-corrected chi connectivity index (χ2v) is 8.71. The van der Waals surface area contributed by atoms with Crippen LogP contribution >= 0.6 is 0 Å². The van der Waals surface area contributed by atoms with Crippen molar-refractivity contribution in [2.24, 2.45) is 11.8 Å². The SMILES string of the molecule is Cc1cc(F)ccc1S(=O)(=O)N1CCCC(C(=O)NCC2CC2)C1. The molecule has 1 unspecified atom stereocenters. The Labute approximate surface area is 142 Å². The first-order chi connectivity index (χ1) is 11.4. The van der Waals surface area contributed by atoms with E-state index in [2.05, 4.69) is 5.32 Å². The molecule has 1 aromatic rings. The highest BCUT2D eigenvalue weighted by Crippen LogP contribution is 2.29. The number of carbonyl (C=O) groups excluding carboxylic acids is 1. The maximum Gasteiger partial charge on any atom is 0.243 e. The number of nitrogens with one attached hydrogen (secondary N) is 1. The van der Waals surface area contributed by atoms with Crippen molar-refractivity contribution >= 4 is 15.9 Å². The van der Waals surface area contributed by atoms with Crippen molar-refractivity contribution < 1.29 is 17.6 Å². The van der Waals surface area contributed by atoms with Crippen LogP contribution in [-0.4, -0.2) is 38.3 Å². The molecule has 1 amide bonds. The molecule has 5 nitrogen and oxygen atoms in total. The van der Waals surface area contributed by atoms with Gasteiger partial charge in [0, 0.05) is 19.6 Å². The molecule has 2 fully saturated rings. The Morgan fingerprint density at radius 3 is 2.75 bits per heavy atom. The summed E-state index contributed by atoms with van der Waals surface area (Å²) in [5.41, 5.74) is 0.385. The smallest absolute Gasteiger partial charge is 0.243 e. The zero-order valence-electron chi connectivity index (χ0n) is 13.8. The van der Waals surface area contributed by atoms with E-state index in [4.69, 9.17) is 0 Å². The van der Waals surface area contributed by atoms with Crippen LogP contribution in [0.2, 0.25) is 0 Å². The lowest BCUT2D eigenvalue weighted by atomic mass is 9.99. The molecule has 0 spiro atoms. The van der Waals surface area contributed by atoms with Crippen LogP contribution in [0.4, 0.5) is 4.39 Å². The van der Waals surface area contributed by atoms with Crippen molar-refractivity contribution in [2.75, 3.05) is 19.6 Å². The van der Waals surface area contributed by atoms with Gasteiger partial charge in [-0.2, -0.15) is 4.31 Å². The average Bonchev–Trinajstić information content (AvgIpc) is 3.36. The van der Waals surface area contributed by atoms with Gasteiger partial charge in [0.2, 0.25) is 15.9 Å². The summed E-state index contributed by atoms with van der Waals surface area (Å²) < 4.78 is 40.3. The molecule has 1 aliphatic heterocycles. The molecule has 7 heteroatoms. The van der Waals surface area contributed by atoms with Crippen LogP contribution < -0.4 is 5.32 Å². The van der Waals surface area contributed by atoms with E-state index in [-0.39, 0.29) is 23.3 Å². The third kappa shape index (κ3) is 3.78. The molecule has 2 aliphatic rings. The van der Waals surface area contributed by atoms with Gasteiger partial charge in [-0.1, -0.05) is 0 Å². The van der Waals surface area contributed by atoms with Crippen LogP contribution in [0.15, 0.2) is 23.1 Å². The minimum atomic E-state index is -3.71. The Morgan fingerprint density at radius 1 is 1.33 bits per heavy atom. The molecule has 1 saturated carbocycles. The first-order valence-corrected chi connectivity index (χ1v) is 9.86. The second kappa shape index (κ2) is 6.80. The monoisotopic (exact) mass is 354 g/mol. The number of rotatable bonds is 5. The summed E-state index contributed by atoms with van der Waals surface area (Å²) in [6.45, 7) is 2.86. The zero-order valence-corrected chi connectivity index (χ0v) is 14.6. The van der Waals surface area contributed by atoms with Crippen LogP contribution in [0.25, 0.3) is 0 Å². The maximum atomic E-state index is 13.2. The van der Waals surface area contributed by atoms with Crippen LogP contribution in [0.5, 0.6) is 0 Å². The van der Waals surface area contributed by atoms with Gasteiger partial charge in [0.1, 0.15) is 5.82 Å². The molecular weight excluding hydrogens is 331 g/mol. The number of hydrogen-bond donors (Lipinski definition) is 1. The molecule has 1 saturated heterocycles. The largest absolute Gasteiger partial charge is 0.356 e. The summed E-state index contributed by atoms with van der Waals surface area (Å²) in [7, 11) is -3.71. The van der Waals surface area contributed by atoms with Gasteiger partial charge in [-0.15, -0.1) is 0 Å². The van der Waals surface area contributed by atoms with Gasteiger partial charge in [0.25, 0.3) is 0 Å². The lowest BCUT2D eigenvalue weighted by Gasteiger charge is -2.31. The Balaban J connectivity index is 1.71. The van der Waals surface area contributed by atoms with Crippen molar-refractivity contribution in [3.05, 3.63) is 29.6 Å². The fraction of sp³-hybridized carbons (Fsp3) is 0.588. The summed E-state index contributed by atoms with van der Waals surface area (Å²) in [6, 6.07) is 3.68. The van der Waals surface area contributed by atoms with Gasteiger partial charge >= 0.3 is 0 Å². The highest BCUT2D eigenvalue weighted by atomic mass is 32.2. The van der Waals surface area contributed by atoms with Gasteiger partial charge in [0.05, 0.1) is 10.8 Å². The molecule has 0 bridgehead atoms. The van der Waals surface area contributed by atoms with Crippen molar-refractivity contribution in [1.29, 1.82) is 0 Å². The van der Waals surface area contributed by atoms with Crippen molar-refractivity contribution in [2.45, 2.75) is 37.5 Å². The van der Waals surface area contributed by atoms with Gasteiger partial charge in [-0.3, -0.25) is 4.79 Å². The fourth-order valence-corrected chi connectivity index (χ4v) is 4.86. The molecule has 132 valence electrons. The Hall–Kier alpha value is -1.47. The predicted molar refractivity (Wildman–Crippen MR) is 88.4 cm³/mol. The summed E-state index contributed by atoms with van der Waals surface area (Å²) >= 11 is 0. The normalized spacial score (nSPS) is 22.3. The standard InChI is InChI=1S/C17H23FN2O3S/c1-12-9-15(18)6-7-16(12)24(22,23)20-8-2-3-14(11-20)17(21)19-10-13-4-5-13/h6-7,9,13-14H,2-5,8,10-11H2,1H3,(H,19,21). The molecule has 1 N–H and O–H groups in total.